The van der Waals surface area contributed by atoms with Crippen molar-refractivity contribution < 1.29 is 31.1 Å². The summed E-state index contributed by atoms with van der Waals surface area (Å²) < 4.78 is 84.4. The van der Waals surface area contributed by atoms with E-state index in [1.165, 1.54) is 37.3 Å². The van der Waals surface area contributed by atoms with Gasteiger partial charge in [-0.05, 0) is 52.8 Å². The summed E-state index contributed by atoms with van der Waals surface area (Å²) in [6, 6.07) is 10.5. The number of alkyl halides is 3. The second kappa shape index (κ2) is 9.72. The first-order chi connectivity index (χ1) is 16.2. The zero-order valence-electron chi connectivity index (χ0n) is 18.7. The predicted molar refractivity (Wildman–Crippen MR) is 119 cm³/mol. The van der Waals surface area contributed by atoms with Gasteiger partial charge >= 0.3 is 6.36 Å². The van der Waals surface area contributed by atoms with Crippen molar-refractivity contribution in [3.8, 4) is 28.0 Å². The molecule has 0 unspecified atom stereocenters. The van der Waals surface area contributed by atoms with Crippen molar-refractivity contribution in [1.29, 1.82) is 0 Å². The third-order valence-electron chi connectivity index (χ3n) is 6.17. The van der Waals surface area contributed by atoms with E-state index in [-0.39, 0.29) is 11.1 Å². The molecule has 1 nitrogen and oxygen atoms in total. The highest BCUT2D eigenvalue weighted by Crippen LogP contribution is 2.42. The third kappa shape index (κ3) is 5.08. The molecule has 0 N–H and O–H groups in total. The summed E-state index contributed by atoms with van der Waals surface area (Å²) in [6.45, 7) is 2.17. The van der Waals surface area contributed by atoms with Crippen molar-refractivity contribution in [2.24, 2.45) is 0 Å². The van der Waals surface area contributed by atoms with Gasteiger partial charge in [0.1, 0.15) is 5.82 Å². The number of ether oxygens (including phenoxy) is 1. The fraction of sp³-hybridized carbons (Fsp3) is 0.333. The summed E-state index contributed by atoms with van der Waals surface area (Å²) in [4.78, 5) is 0. The molecule has 4 rings (SSSR count). The topological polar surface area (TPSA) is 9.23 Å². The van der Waals surface area contributed by atoms with Crippen molar-refractivity contribution in [3.63, 3.8) is 0 Å². The van der Waals surface area contributed by atoms with Crippen molar-refractivity contribution in [2.75, 3.05) is 0 Å². The fourth-order valence-electron chi connectivity index (χ4n) is 4.53. The summed E-state index contributed by atoms with van der Waals surface area (Å²) in [5, 5.41) is 0. The van der Waals surface area contributed by atoms with Crippen LogP contribution in [-0.4, -0.2) is 6.36 Å². The van der Waals surface area contributed by atoms with Gasteiger partial charge in [-0.2, -0.15) is 0 Å². The molecule has 0 heterocycles. The van der Waals surface area contributed by atoms with Crippen LogP contribution in [0.5, 0.6) is 5.75 Å². The minimum atomic E-state index is -5.25. The molecule has 0 bridgehead atoms. The molecule has 0 saturated carbocycles. The Morgan fingerprint density at radius 2 is 1.44 bits per heavy atom. The van der Waals surface area contributed by atoms with E-state index in [2.05, 4.69) is 17.7 Å². The van der Waals surface area contributed by atoms with Gasteiger partial charge in [-0.25, -0.2) is 13.2 Å². The average Bonchev–Trinajstić information content (AvgIpc) is 3.14. The van der Waals surface area contributed by atoms with Crippen molar-refractivity contribution in [3.05, 3.63) is 76.6 Å². The van der Waals surface area contributed by atoms with Gasteiger partial charge < -0.3 is 4.74 Å². The highest BCUT2D eigenvalue weighted by molar-refractivity contribution is 5.81. The van der Waals surface area contributed by atoms with Crippen LogP contribution in [0, 0.1) is 17.5 Å². The lowest BCUT2D eigenvalue weighted by molar-refractivity contribution is -0.276. The maximum atomic E-state index is 15.4. The lowest BCUT2D eigenvalue weighted by Crippen LogP contribution is -2.19. The molecule has 0 spiro atoms. The minimum Gasteiger partial charge on any atom is -0.399 e. The van der Waals surface area contributed by atoms with E-state index in [1.54, 1.807) is 6.07 Å². The minimum absolute atomic E-state index is 0.0842. The first kappa shape index (κ1) is 24.2. The van der Waals surface area contributed by atoms with E-state index in [0.717, 1.165) is 24.0 Å². The maximum absolute atomic E-state index is 15.4. The molecule has 0 amide bonds. The highest BCUT2D eigenvalue weighted by Gasteiger charge is 2.34. The van der Waals surface area contributed by atoms with E-state index in [1.807, 2.05) is 12.1 Å². The van der Waals surface area contributed by atoms with Crippen LogP contribution in [0.4, 0.5) is 26.3 Å². The van der Waals surface area contributed by atoms with Crippen molar-refractivity contribution in [1.82, 2.24) is 0 Å². The fourth-order valence-corrected chi connectivity index (χ4v) is 4.53. The van der Waals surface area contributed by atoms with Gasteiger partial charge in [-0.3, -0.25) is 0 Å². The molecule has 7 heteroatoms. The van der Waals surface area contributed by atoms with Crippen LogP contribution in [0.2, 0.25) is 0 Å². The number of aryl methyl sites for hydroxylation is 1. The number of hydrogen-bond donors (Lipinski definition) is 0. The lowest BCUT2D eigenvalue weighted by Gasteiger charge is -2.13. The number of benzene rings is 3. The highest BCUT2D eigenvalue weighted by atomic mass is 19.4. The zero-order chi connectivity index (χ0) is 24.5. The first-order valence-corrected chi connectivity index (χ1v) is 11.4. The Bertz CT molecular complexity index is 1180. The van der Waals surface area contributed by atoms with Crippen LogP contribution >= 0.6 is 0 Å². The Balaban J connectivity index is 1.58. The largest absolute Gasteiger partial charge is 0.573 e. The molecule has 3 aromatic rings. The maximum Gasteiger partial charge on any atom is 0.573 e. The van der Waals surface area contributed by atoms with Gasteiger partial charge in [0, 0.05) is 17.5 Å². The second-order valence-electron chi connectivity index (χ2n) is 8.60. The van der Waals surface area contributed by atoms with E-state index in [0.29, 0.717) is 29.7 Å². The van der Waals surface area contributed by atoms with Crippen molar-refractivity contribution >= 4 is 0 Å². The first-order valence-electron chi connectivity index (χ1n) is 11.4. The van der Waals surface area contributed by atoms with Crippen LogP contribution in [0.15, 0.2) is 42.5 Å². The van der Waals surface area contributed by atoms with Crippen LogP contribution in [0.25, 0.3) is 22.3 Å². The lowest BCUT2D eigenvalue weighted by atomic mass is 9.97. The van der Waals surface area contributed by atoms with Gasteiger partial charge in [0.15, 0.2) is 11.6 Å². The Labute approximate surface area is 194 Å². The normalized spacial score (nSPS) is 12.6. The molecule has 0 aromatic heterocycles. The van der Waals surface area contributed by atoms with E-state index < -0.39 is 29.6 Å². The van der Waals surface area contributed by atoms with Crippen LogP contribution in [0.3, 0.4) is 0 Å². The molecule has 0 radical (unpaired) electrons. The molecule has 1 aliphatic rings. The summed E-state index contributed by atoms with van der Waals surface area (Å²) >= 11 is 0. The Kier molecular flexibility index (Phi) is 6.91. The smallest absolute Gasteiger partial charge is 0.399 e. The molecule has 180 valence electrons. The van der Waals surface area contributed by atoms with E-state index >= 15 is 4.39 Å². The Hall–Kier alpha value is -2.96. The SMILES string of the molecule is CCCCCCCc1ccc2c(c1)Cc1c-2ccc(-c2cc(F)c(OC(F)(F)F)c(F)c2)c1F. The van der Waals surface area contributed by atoms with Crippen LogP contribution < -0.4 is 4.74 Å². The summed E-state index contributed by atoms with van der Waals surface area (Å²) in [5.74, 6) is -5.32. The molecule has 1 aliphatic carbocycles. The molecule has 0 atom stereocenters. The standard InChI is InChI=1S/C27H24F6O/c1-2-3-4-5-6-7-16-8-9-19-17(12-16)13-22-21(19)11-10-20(25(22)30)18-14-23(28)26(24(29)15-18)34-27(31,32)33/h8-12,14-15H,2-7,13H2,1H3. The Morgan fingerprint density at radius 3 is 2.12 bits per heavy atom. The van der Waals surface area contributed by atoms with E-state index in [4.69, 9.17) is 0 Å². The number of rotatable bonds is 8. The molecular weight excluding hydrogens is 454 g/mol. The van der Waals surface area contributed by atoms with Crippen LogP contribution in [-0.2, 0) is 12.8 Å². The number of unbranched alkanes of at least 4 members (excludes halogenated alkanes) is 4. The quantitative estimate of drug-likeness (QED) is 0.182. The van der Waals surface area contributed by atoms with Crippen molar-refractivity contribution in [2.45, 2.75) is 58.2 Å². The average molecular weight is 478 g/mol. The van der Waals surface area contributed by atoms with Gasteiger partial charge in [-0.15, -0.1) is 13.2 Å². The van der Waals surface area contributed by atoms with Crippen LogP contribution in [0.1, 0.15) is 55.7 Å². The van der Waals surface area contributed by atoms with Gasteiger partial charge in [-0.1, -0.05) is 62.9 Å². The summed E-state index contributed by atoms with van der Waals surface area (Å²) in [6.07, 6.45) is 1.94. The number of halogens is 6. The second-order valence-corrected chi connectivity index (χ2v) is 8.60. The predicted octanol–water partition coefficient (Wildman–Crippen LogP) is 8.75. The number of hydrogen-bond acceptors (Lipinski definition) is 1. The summed E-state index contributed by atoms with van der Waals surface area (Å²) in [7, 11) is 0. The molecule has 0 aliphatic heterocycles. The summed E-state index contributed by atoms with van der Waals surface area (Å²) in [5.41, 5.74) is 3.93. The van der Waals surface area contributed by atoms with Gasteiger partial charge in [0.2, 0.25) is 5.75 Å². The van der Waals surface area contributed by atoms with E-state index in [9.17, 15) is 22.0 Å². The zero-order valence-corrected chi connectivity index (χ0v) is 18.7. The molecule has 0 saturated heterocycles. The third-order valence-corrected chi connectivity index (χ3v) is 6.17. The monoisotopic (exact) mass is 478 g/mol. The molecule has 34 heavy (non-hydrogen) atoms. The van der Waals surface area contributed by atoms with Gasteiger partial charge in [0.05, 0.1) is 0 Å². The molecule has 3 aromatic carbocycles. The molecular formula is C27H24F6O. The number of fused-ring (bicyclic) bond motifs is 3. The van der Waals surface area contributed by atoms with Gasteiger partial charge in [0.25, 0.3) is 0 Å². The molecule has 0 fully saturated rings. The Morgan fingerprint density at radius 1 is 0.794 bits per heavy atom.